The molecule has 0 aliphatic carbocycles. The molecule has 1 aromatic heterocycles. The van der Waals surface area contributed by atoms with E-state index in [1.165, 1.54) is 5.56 Å². The summed E-state index contributed by atoms with van der Waals surface area (Å²) in [4.78, 5) is 11.3. The van der Waals surface area contributed by atoms with Crippen molar-refractivity contribution in [3.63, 3.8) is 0 Å². The van der Waals surface area contributed by atoms with Gasteiger partial charge in [-0.15, -0.1) is 0 Å². The molecule has 0 aliphatic rings. The van der Waals surface area contributed by atoms with E-state index in [1.807, 2.05) is 20.8 Å². The third-order valence-corrected chi connectivity index (χ3v) is 2.48. The summed E-state index contributed by atoms with van der Waals surface area (Å²) in [6, 6.07) is -0.0966. The highest BCUT2D eigenvalue weighted by molar-refractivity contribution is 5.73. The predicted molar refractivity (Wildman–Crippen MR) is 63.5 cm³/mol. The third-order valence-electron chi connectivity index (χ3n) is 2.48. The molecule has 0 spiro atoms. The number of carbonyl (C=O) groups excluding carboxylic acids is 1. The zero-order chi connectivity index (χ0) is 12.0. The van der Waals surface area contributed by atoms with Crippen LogP contribution in [-0.2, 0) is 6.42 Å². The fourth-order valence-electron chi connectivity index (χ4n) is 1.54. The molecule has 2 amide bonds. The number of nitrogens with one attached hydrogen (secondary N) is 3. The molecule has 0 bridgehead atoms. The summed E-state index contributed by atoms with van der Waals surface area (Å²) in [6.45, 7) is 7.34. The monoisotopic (exact) mass is 224 g/mol. The molecule has 0 unspecified atom stereocenters. The van der Waals surface area contributed by atoms with Gasteiger partial charge in [-0.1, -0.05) is 6.92 Å². The van der Waals surface area contributed by atoms with E-state index in [0.717, 1.165) is 30.8 Å². The summed E-state index contributed by atoms with van der Waals surface area (Å²) in [5.41, 5.74) is 3.28. The first kappa shape index (κ1) is 12.5. The van der Waals surface area contributed by atoms with Crippen molar-refractivity contribution in [2.75, 3.05) is 13.1 Å². The lowest BCUT2D eigenvalue weighted by Gasteiger charge is -2.06. The summed E-state index contributed by atoms with van der Waals surface area (Å²) in [5, 5.41) is 12.6. The molecule has 0 saturated heterocycles. The van der Waals surface area contributed by atoms with Gasteiger partial charge < -0.3 is 10.6 Å². The molecule has 0 atom stereocenters. The lowest BCUT2D eigenvalue weighted by molar-refractivity contribution is 0.241. The Kier molecular flexibility index (Phi) is 4.82. The second-order valence-electron chi connectivity index (χ2n) is 3.85. The molecular formula is C11H20N4O. The molecule has 5 heteroatoms. The van der Waals surface area contributed by atoms with Gasteiger partial charge >= 0.3 is 6.03 Å². The first-order chi connectivity index (χ1) is 7.65. The van der Waals surface area contributed by atoms with Crippen LogP contribution in [0.4, 0.5) is 4.79 Å². The summed E-state index contributed by atoms with van der Waals surface area (Å²) >= 11 is 0. The standard InChI is InChI=1S/C11H20N4O/c1-4-6-12-11(16)13-7-5-10-8(2)14-15-9(10)3/h4-7H2,1-3H3,(H,14,15)(H2,12,13,16). The Morgan fingerprint density at radius 3 is 2.56 bits per heavy atom. The van der Waals surface area contributed by atoms with Crippen molar-refractivity contribution >= 4 is 6.03 Å². The number of H-pyrrole nitrogens is 1. The maximum atomic E-state index is 11.3. The number of aryl methyl sites for hydroxylation is 2. The molecular weight excluding hydrogens is 204 g/mol. The van der Waals surface area contributed by atoms with E-state index in [9.17, 15) is 4.79 Å². The number of aromatic nitrogens is 2. The highest BCUT2D eigenvalue weighted by atomic mass is 16.2. The largest absolute Gasteiger partial charge is 0.338 e. The molecule has 1 rings (SSSR count). The highest BCUT2D eigenvalue weighted by Crippen LogP contribution is 2.08. The van der Waals surface area contributed by atoms with E-state index in [1.54, 1.807) is 0 Å². The van der Waals surface area contributed by atoms with Crippen molar-refractivity contribution in [1.82, 2.24) is 20.8 Å². The van der Waals surface area contributed by atoms with Crippen molar-refractivity contribution in [3.05, 3.63) is 17.0 Å². The molecule has 0 saturated carbocycles. The second-order valence-corrected chi connectivity index (χ2v) is 3.85. The smallest absolute Gasteiger partial charge is 0.314 e. The summed E-state index contributed by atoms with van der Waals surface area (Å²) in [5.74, 6) is 0. The van der Waals surface area contributed by atoms with Crippen molar-refractivity contribution in [2.24, 2.45) is 0 Å². The average Bonchev–Trinajstić information content (AvgIpc) is 2.57. The van der Waals surface area contributed by atoms with E-state index in [2.05, 4.69) is 20.8 Å². The van der Waals surface area contributed by atoms with E-state index in [4.69, 9.17) is 0 Å². The van der Waals surface area contributed by atoms with Crippen LogP contribution in [0.25, 0.3) is 0 Å². The quantitative estimate of drug-likeness (QED) is 0.705. The molecule has 0 aliphatic heterocycles. The number of hydrogen-bond acceptors (Lipinski definition) is 2. The molecule has 5 nitrogen and oxygen atoms in total. The Balaban J connectivity index is 2.28. The number of nitrogens with zero attached hydrogens (tertiary/aromatic N) is 1. The number of rotatable bonds is 5. The van der Waals surface area contributed by atoms with Crippen LogP contribution in [-0.4, -0.2) is 29.3 Å². The number of aromatic amines is 1. The van der Waals surface area contributed by atoms with Gasteiger partial charge in [0.2, 0.25) is 0 Å². The van der Waals surface area contributed by atoms with Crippen LogP contribution in [0.2, 0.25) is 0 Å². The lowest BCUT2D eigenvalue weighted by atomic mass is 10.1. The van der Waals surface area contributed by atoms with Crippen LogP contribution in [0.15, 0.2) is 0 Å². The first-order valence-electron chi connectivity index (χ1n) is 5.67. The Labute approximate surface area is 96.0 Å². The Bertz CT molecular complexity index is 326. The van der Waals surface area contributed by atoms with Crippen LogP contribution < -0.4 is 10.6 Å². The summed E-state index contributed by atoms with van der Waals surface area (Å²) in [6.07, 6.45) is 1.76. The van der Waals surface area contributed by atoms with Gasteiger partial charge in [0.15, 0.2) is 0 Å². The van der Waals surface area contributed by atoms with E-state index in [0.29, 0.717) is 6.54 Å². The lowest BCUT2D eigenvalue weighted by Crippen LogP contribution is -2.36. The van der Waals surface area contributed by atoms with Gasteiger partial charge in [0.1, 0.15) is 0 Å². The summed E-state index contributed by atoms with van der Waals surface area (Å²) < 4.78 is 0. The van der Waals surface area contributed by atoms with Gasteiger partial charge in [-0.3, -0.25) is 5.10 Å². The number of carbonyl (C=O) groups is 1. The van der Waals surface area contributed by atoms with Crippen molar-refractivity contribution in [1.29, 1.82) is 0 Å². The van der Waals surface area contributed by atoms with Gasteiger partial charge in [-0.05, 0) is 32.3 Å². The van der Waals surface area contributed by atoms with E-state index in [-0.39, 0.29) is 6.03 Å². The second kappa shape index (κ2) is 6.15. The number of amides is 2. The fraction of sp³-hybridized carbons (Fsp3) is 0.636. The van der Waals surface area contributed by atoms with Crippen molar-refractivity contribution in [2.45, 2.75) is 33.6 Å². The molecule has 1 heterocycles. The number of hydrogen-bond donors (Lipinski definition) is 3. The SMILES string of the molecule is CCCNC(=O)NCCc1c(C)n[nH]c1C. The molecule has 0 radical (unpaired) electrons. The highest BCUT2D eigenvalue weighted by Gasteiger charge is 2.06. The van der Waals surface area contributed by atoms with E-state index >= 15 is 0 Å². The molecule has 16 heavy (non-hydrogen) atoms. The van der Waals surface area contributed by atoms with Gasteiger partial charge in [0.25, 0.3) is 0 Å². The fourth-order valence-corrected chi connectivity index (χ4v) is 1.54. The normalized spacial score (nSPS) is 10.2. The number of urea groups is 1. The van der Waals surface area contributed by atoms with Gasteiger partial charge in [-0.25, -0.2) is 4.79 Å². The maximum absolute atomic E-state index is 11.3. The van der Waals surface area contributed by atoms with Crippen molar-refractivity contribution < 1.29 is 4.79 Å². The minimum Gasteiger partial charge on any atom is -0.338 e. The maximum Gasteiger partial charge on any atom is 0.314 e. The third kappa shape index (κ3) is 3.56. The Hall–Kier alpha value is -1.52. The predicted octanol–water partition coefficient (Wildman–Crippen LogP) is 1.28. The van der Waals surface area contributed by atoms with Gasteiger partial charge in [0, 0.05) is 18.8 Å². The van der Waals surface area contributed by atoms with Crippen LogP contribution in [0, 0.1) is 13.8 Å². The minimum absolute atomic E-state index is 0.0966. The van der Waals surface area contributed by atoms with Crippen LogP contribution in [0.5, 0.6) is 0 Å². The molecule has 3 N–H and O–H groups in total. The Morgan fingerprint density at radius 2 is 2.00 bits per heavy atom. The molecule has 90 valence electrons. The molecule has 0 aromatic carbocycles. The zero-order valence-corrected chi connectivity index (χ0v) is 10.2. The van der Waals surface area contributed by atoms with Crippen molar-refractivity contribution in [3.8, 4) is 0 Å². The zero-order valence-electron chi connectivity index (χ0n) is 10.2. The average molecular weight is 224 g/mol. The molecule has 0 fully saturated rings. The van der Waals surface area contributed by atoms with Crippen LogP contribution in [0.1, 0.15) is 30.3 Å². The summed E-state index contributed by atoms with van der Waals surface area (Å²) in [7, 11) is 0. The molecule has 1 aromatic rings. The van der Waals surface area contributed by atoms with Gasteiger partial charge in [0.05, 0.1) is 5.69 Å². The topological polar surface area (TPSA) is 69.8 Å². The minimum atomic E-state index is -0.0966. The van der Waals surface area contributed by atoms with Gasteiger partial charge in [-0.2, -0.15) is 5.10 Å². The van der Waals surface area contributed by atoms with E-state index < -0.39 is 0 Å². The van der Waals surface area contributed by atoms with Crippen LogP contribution >= 0.6 is 0 Å². The Morgan fingerprint density at radius 1 is 1.31 bits per heavy atom. The van der Waals surface area contributed by atoms with Crippen LogP contribution in [0.3, 0.4) is 0 Å². The first-order valence-corrected chi connectivity index (χ1v) is 5.67.